The lowest BCUT2D eigenvalue weighted by atomic mass is 10.2. The lowest BCUT2D eigenvalue weighted by molar-refractivity contribution is 0.0907. The number of aliphatic hydroxyl groups excluding tert-OH is 1. The Morgan fingerprint density at radius 3 is 2.76 bits per heavy atom. The molecule has 1 aromatic carbocycles. The fourth-order valence-corrected chi connectivity index (χ4v) is 1.43. The molecule has 1 aromatic rings. The maximum absolute atomic E-state index is 12.9. The number of aromatic hydroxyl groups is 1. The first-order chi connectivity index (χ1) is 8.22. The van der Waals surface area contributed by atoms with Gasteiger partial charge >= 0.3 is 0 Å². The molecule has 1 rings (SSSR count). The Hall–Kier alpha value is -1.17. The van der Waals surface area contributed by atoms with Crippen LogP contribution >= 0.6 is 0 Å². The van der Waals surface area contributed by atoms with E-state index >= 15 is 0 Å². The van der Waals surface area contributed by atoms with Crippen LogP contribution in [0.15, 0.2) is 18.2 Å². The highest BCUT2D eigenvalue weighted by Gasteiger charge is 1.99. The highest BCUT2D eigenvalue weighted by Crippen LogP contribution is 2.14. The maximum atomic E-state index is 12.9. The quantitative estimate of drug-likeness (QED) is 0.597. The Labute approximate surface area is 100 Å². The minimum Gasteiger partial charge on any atom is -0.508 e. The summed E-state index contributed by atoms with van der Waals surface area (Å²) in [6, 6.07) is 3.99. The lowest BCUT2D eigenvalue weighted by Crippen LogP contribution is -2.16. The van der Waals surface area contributed by atoms with Gasteiger partial charge in [0.2, 0.25) is 0 Å². The zero-order chi connectivity index (χ0) is 12.5. The van der Waals surface area contributed by atoms with Crippen molar-refractivity contribution in [2.45, 2.75) is 13.0 Å². The van der Waals surface area contributed by atoms with Crippen LogP contribution in [-0.4, -0.2) is 36.6 Å². The van der Waals surface area contributed by atoms with Crippen molar-refractivity contribution in [1.29, 1.82) is 0 Å². The molecular weight excluding hydrogens is 225 g/mol. The second kappa shape index (κ2) is 8.00. The highest BCUT2D eigenvalue weighted by molar-refractivity contribution is 5.28. The number of nitrogens with one attached hydrogen (secondary N) is 1. The number of rotatable bonds is 8. The summed E-state index contributed by atoms with van der Waals surface area (Å²) < 4.78 is 18.0. The Bertz CT molecular complexity index is 313. The molecule has 0 atom stereocenters. The van der Waals surface area contributed by atoms with Crippen LogP contribution in [0.2, 0.25) is 0 Å². The minimum absolute atomic E-state index is 0.0377. The fourth-order valence-electron chi connectivity index (χ4n) is 1.43. The largest absolute Gasteiger partial charge is 0.508 e. The molecule has 0 spiro atoms. The van der Waals surface area contributed by atoms with Gasteiger partial charge in [0.25, 0.3) is 0 Å². The molecule has 17 heavy (non-hydrogen) atoms. The average Bonchev–Trinajstić information content (AvgIpc) is 2.26. The summed E-state index contributed by atoms with van der Waals surface area (Å²) in [5.41, 5.74) is 0.707. The van der Waals surface area contributed by atoms with Gasteiger partial charge in [-0.2, -0.15) is 0 Å². The third-order valence-electron chi connectivity index (χ3n) is 2.15. The number of benzene rings is 1. The van der Waals surface area contributed by atoms with Crippen LogP contribution in [0.4, 0.5) is 4.39 Å². The van der Waals surface area contributed by atoms with Crippen LogP contribution in [0.25, 0.3) is 0 Å². The monoisotopic (exact) mass is 243 g/mol. The number of aliphatic hydroxyl groups is 1. The molecule has 0 unspecified atom stereocenters. The van der Waals surface area contributed by atoms with E-state index in [0.717, 1.165) is 19.0 Å². The summed E-state index contributed by atoms with van der Waals surface area (Å²) in [5.74, 6) is -0.499. The number of hydrogen-bond acceptors (Lipinski definition) is 4. The average molecular weight is 243 g/mol. The summed E-state index contributed by atoms with van der Waals surface area (Å²) in [4.78, 5) is 0. The number of hydrogen-bond donors (Lipinski definition) is 3. The van der Waals surface area contributed by atoms with E-state index in [4.69, 9.17) is 9.84 Å². The van der Waals surface area contributed by atoms with Crippen molar-refractivity contribution in [3.63, 3.8) is 0 Å². The summed E-state index contributed by atoms with van der Waals surface area (Å²) in [6.45, 7) is 2.23. The van der Waals surface area contributed by atoms with E-state index in [0.29, 0.717) is 25.3 Å². The van der Waals surface area contributed by atoms with Gasteiger partial charge in [-0.25, -0.2) is 4.39 Å². The molecule has 4 nitrogen and oxygen atoms in total. The molecule has 0 radical (unpaired) electrons. The first-order valence-electron chi connectivity index (χ1n) is 5.60. The summed E-state index contributed by atoms with van der Waals surface area (Å²) in [5, 5.41) is 20.8. The summed E-state index contributed by atoms with van der Waals surface area (Å²) in [7, 11) is 0. The molecule has 0 saturated carbocycles. The van der Waals surface area contributed by atoms with Crippen molar-refractivity contribution in [2.75, 3.05) is 26.4 Å². The van der Waals surface area contributed by atoms with Crippen molar-refractivity contribution in [3.8, 4) is 5.75 Å². The van der Waals surface area contributed by atoms with Crippen LogP contribution in [0.3, 0.4) is 0 Å². The molecule has 0 aromatic heterocycles. The maximum Gasteiger partial charge on any atom is 0.127 e. The van der Waals surface area contributed by atoms with Gasteiger partial charge in [-0.3, -0.25) is 0 Å². The van der Waals surface area contributed by atoms with Gasteiger partial charge in [0, 0.05) is 19.2 Å². The second-order valence-electron chi connectivity index (χ2n) is 3.68. The molecule has 0 amide bonds. The molecule has 5 heteroatoms. The fraction of sp³-hybridized carbons (Fsp3) is 0.500. The third kappa shape index (κ3) is 6.21. The molecule has 0 saturated heterocycles. The van der Waals surface area contributed by atoms with Gasteiger partial charge in [0.15, 0.2) is 0 Å². The Balaban J connectivity index is 2.13. The number of ether oxygens (including phenoxy) is 1. The predicted molar refractivity (Wildman–Crippen MR) is 62.3 cm³/mol. The molecule has 3 N–H and O–H groups in total. The van der Waals surface area contributed by atoms with Crippen LogP contribution in [0, 0.1) is 5.82 Å². The van der Waals surface area contributed by atoms with E-state index in [2.05, 4.69) is 5.32 Å². The smallest absolute Gasteiger partial charge is 0.127 e. The second-order valence-corrected chi connectivity index (χ2v) is 3.68. The van der Waals surface area contributed by atoms with Crippen molar-refractivity contribution >= 4 is 0 Å². The number of halogens is 1. The molecule has 0 bridgehead atoms. The molecule has 0 heterocycles. The van der Waals surface area contributed by atoms with Gasteiger partial charge in [-0.1, -0.05) is 0 Å². The van der Waals surface area contributed by atoms with Crippen molar-refractivity contribution in [1.82, 2.24) is 5.32 Å². The van der Waals surface area contributed by atoms with E-state index in [-0.39, 0.29) is 12.4 Å². The molecule has 0 aliphatic heterocycles. The van der Waals surface area contributed by atoms with Gasteiger partial charge in [-0.05, 0) is 30.7 Å². The SMILES string of the molecule is OCCOCCCNCc1cc(O)cc(F)c1. The lowest BCUT2D eigenvalue weighted by Gasteiger charge is -2.06. The predicted octanol–water partition coefficient (Wildman–Crippen LogP) is 1.02. The topological polar surface area (TPSA) is 61.7 Å². The Kier molecular flexibility index (Phi) is 6.54. The van der Waals surface area contributed by atoms with E-state index in [1.807, 2.05) is 0 Å². The van der Waals surface area contributed by atoms with Crippen molar-refractivity contribution in [3.05, 3.63) is 29.6 Å². The summed E-state index contributed by atoms with van der Waals surface area (Å²) in [6.07, 6.45) is 0.821. The van der Waals surface area contributed by atoms with E-state index in [1.54, 1.807) is 0 Å². The van der Waals surface area contributed by atoms with Gasteiger partial charge in [0.1, 0.15) is 11.6 Å². The van der Waals surface area contributed by atoms with Gasteiger partial charge < -0.3 is 20.3 Å². The van der Waals surface area contributed by atoms with Crippen molar-refractivity contribution < 1.29 is 19.3 Å². The zero-order valence-electron chi connectivity index (χ0n) is 9.66. The van der Waals surface area contributed by atoms with E-state index < -0.39 is 5.82 Å². The molecule has 0 aliphatic rings. The molecular formula is C12H18FNO3. The van der Waals surface area contributed by atoms with Gasteiger partial charge in [0.05, 0.1) is 13.2 Å². The van der Waals surface area contributed by atoms with Crippen LogP contribution < -0.4 is 5.32 Å². The molecule has 0 aliphatic carbocycles. The summed E-state index contributed by atoms with van der Waals surface area (Å²) >= 11 is 0. The minimum atomic E-state index is -0.437. The molecule has 96 valence electrons. The zero-order valence-corrected chi connectivity index (χ0v) is 9.66. The standard InChI is InChI=1S/C12H18FNO3/c13-11-6-10(7-12(16)8-11)9-14-2-1-4-17-5-3-15/h6-8,14-16H,1-5,9H2. The first kappa shape index (κ1) is 13.9. The number of phenolic OH excluding ortho intramolecular Hbond substituents is 1. The Morgan fingerprint density at radius 2 is 2.06 bits per heavy atom. The number of phenols is 1. The van der Waals surface area contributed by atoms with Crippen LogP contribution in [0.1, 0.15) is 12.0 Å². The Morgan fingerprint density at radius 1 is 1.24 bits per heavy atom. The molecule has 0 fully saturated rings. The van der Waals surface area contributed by atoms with Crippen LogP contribution in [0.5, 0.6) is 5.75 Å². The van der Waals surface area contributed by atoms with Crippen LogP contribution in [-0.2, 0) is 11.3 Å². The van der Waals surface area contributed by atoms with Crippen molar-refractivity contribution in [2.24, 2.45) is 0 Å². The van der Waals surface area contributed by atoms with E-state index in [1.165, 1.54) is 12.1 Å². The van der Waals surface area contributed by atoms with E-state index in [9.17, 15) is 9.50 Å². The third-order valence-corrected chi connectivity index (χ3v) is 2.15. The first-order valence-corrected chi connectivity index (χ1v) is 5.60. The normalized spacial score (nSPS) is 10.7. The highest BCUT2D eigenvalue weighted by atomic mass is 19.1. The van der Waals surface area contributed by atoms with Gasteiger partial charge in [-0.15, -0.1) is 0 Å².